The molecule has 1 aliphatic rings. The zero-order valence-electron chi connectivity index (χ0n) is 14.4. The molecule has 0 radical (unpaired) electrons. The zero-order valence-corrected chi connectivity index (χ0v) is 15.2. The molecule has 0 atom stereocenters. The first-order valence-corrected chi connectivity index (χ1v) is 9.22. The summed E-state index contributed by atoms with van der Waals surface area (Å²) < 4.78 is 31.2. The van der Waals surface area contributed by atoms with Crippen molar-refractivity contribution in [3.8, 4) is 0 Å². The molecule has 8 heteroatoms. The monoisotopic (exact) mass is 366 g/mol. The van der Waals surface area contributed by atoms with Crippen LogP contribution in [0.5, 0.6) is 0 Å². The SMILES string of the molecule is CC1=C(Nc2ccc(S(=O)(=O)O)cc2)CC(C)(C)CC1=NCC(=O)O. The molecule has 136 valence electrons. The lowest BCUT2D eigenvalue weighted by Gasteiger charge is -2.34. The highest BCUT2D eigenvalue weighted by atomic mass is 32.2. The molecular weight excluding hydrogens is 344 g/mol. The molecule has 1 aromatic carbocycles. The summed E-state index contributed by atoms with van der Waals surface area (Å²) in [5, 5.41) is 12.1. The number of aliphatic carboxylic acids is 1. The minimum absolute atomic E-state index is 0.0758. The molecule has 0 saturated heterocycles. The molecule has 1 aromatic rings. The van der Waals surface area contributed by atoms with Crippen LogP contribution in [0, 0.1) is 5.41 Å². The van der Waals surface area contributed by atoms with Crippen LogP contribution in [0.3, 0.4) is 0 Å². The Balaban J connectivity index is 2.30. The lowest BCUT2D eigenvalue weighted by molar-refractivity contribution is -0.135. The van der Waals surface area contributed by atoms with Crippen LogP contribution in [-0.2, 0) is 14.9 Å². The van der Waals surface area contributed by atoms with E-state index >= 15 is 0 Å². The number of hydrogen-bond acceptors (Lipinski definition) is 5. The quantitative estimate of drug-likeness (QED) is 0.690. The highest BCUT2D eigenvalue weighted by Gasteiger charge is 2.30. The van der Waals surface area contributed by atoms with Gasteiger partial charge in [0.15, 0.2) is 0 Å². The average Bonchev–Trinajstić information content (AvgIpc) is 2.48. The summed E-state index contributed by atoms with van der Waals surface area (Å²) in [6.45, 7) is 5.79. The minimum Gasteiger partial charge on any atom is -0.480 e. The number of benzene rings is 1. The molecule has 0 spiro atoms. The van der Waals surface area contributed by atoms with Crippen molar-refractivity contribution in [2.24, 2.45) is 10.4 Å². The van der Waals surface area contributed by atoms with E-state index in [4.69, 9.17) is 9.66 Å². The number of nitrogens with zero attached hydrogens (tertiary/aromatic N) is 1. The second kappa shape index (κ2) is 6.97. The lowest BCUT2D eigenvalue weighted by atomic mass is 9.75. The first-order chi connectivity index (χ1) is 11.5. The minimum atomic E-state index is -4.22. The Bertz CT molecular complexity index is 836. The van der Waals surface area contributed by atoms with E-state index in [0.29, 0.717) is 12.1 Å². The average molecular weight is 366 g/mol. The fourth-order valence-corrected chi connectivity index (χ4v) is 3.27. The van der Waals surface area contributed by atoms with Crippen molar-refractivity contribution in [1.29, 1.82) is 0 Å². The maximum atomic E-state index is 11.1. The maximum absolute atomic E-state index is 11.1. The summed E-state index contributed by atoms with van der Waals surface area (Å²) in [7, 11) is -4.22. The molecule has 0 aliphatic heterocycles. The fourth-order valence-electron chi connectivity index (χ4n) is 2.79. The van der Waals surface area contributed by atoms with E-state index in [9.17, 15) is 13.2 Å². The molecule has 0 fully saturated rings. The standard InChI is InChI=1S/C17H22N2O5S/c1-11-14(18-10-16(20)21)8-17(2,3)9-15(11)19-12-4-6-13(7-5-12)25(22,23)24/h4-7,19H,8-10H2,1-3H3,(H,20,21)(H,22,23,24). The molecular formula is C17H22N2O5S. The number of aliphatic imine (C=N–C) groups is 1. The van der Waals surface area contributed by atoms with Gasteiger partial charge < -0.3 is 10.4 Å². The summed E-state index contributed by atoms with van der Waals surface area (Å²) in [5.74, 6) is -0.973. The van der Waals surface area contributed by atoms with Crippen molar-refractivity contribution < 1.29 is 22.9 Å². The van der Waals surface area contributed by atoms with Crippen LogP contribution in [0.15, 0.2) is 45.4 Å². The normalized spacial score (nSPS) is 19.1. The third kappa shape index (κ3) is 5.14. The lowest BCUT2D eigenvalue weighted by Crippen LogP contribution is -2.28. The molecule has 0 amide bonds. The van der Waals surface area contributed by atoms with Crippen molar-refractivity contribution in [1.82, 2.24) is 0 Å². The van der Waals surface area contributed by atoms with Crippen molar-refractivity contribution in [2.45, 2.75) is 38.5 Å². The number of carboxylic acid groups (broad SMARTS) is 1. The topological polar surface area (TPSA) is 116 Å². The summed E-state index contributed by atoms with van der Waals surface area (Å²) in [4.78, 5) is 14.8. The van der Waals surface area contributed by atoms with Crippen molar-refractivity contribution >= 4 is 27.5 Å². The van der Waals surface area contributed by atoms with E-state index in [-0.39, 0.29) is 16.9 Å². The van der Waals surface area contributed by atoms with E-state index in [0.717, 1.165) is 23.4 Å². The van der Waals surface area contributed by atoms with Crippen LogP contribution in [0.4, 0.5) is 5.69 Å². The smallest absolute Gasteiger partial charge is 0.325 e. The molecule has 25 heavy (non-hydrogen) atoms. The Morgan fingerprint density at radius 1 is 1.24 bits per heavy atom. The maximum Gasteiger partial charge on any atom is 0.325 e. The molecule has 0 heterocycles. The highest BCUT2D eigenvalue weighted by Crippen LogP contribution is 2.37. The summed E-state index contributed by atoms with van der Waals surface area (Å²) in [6, 6.07) is 5.78. The number of allylic oxidation sites excluding steroid dienone is 2. The van der Waals surface area contributed by atoms with Gasteiger partial charge in [-0.1, -0.05) is 13.8 Å². The van der Waals surface area contributed by atoms with E-state index < -0.39 is 16.1 Å². The molecule has 0 bridgehead atoms. The van der Waals surface area contributed by atoms with Gasteiger partial charge in [-0.2, -0.15) is 8.42 Å². The molecule has 2 rings (SSSR count). The summed E-state index contributed by atoms with van der Waals surface area (Å²) in [5.41, 5.74) is 3.18. The Labute approximate surface area is 147 Å². The molecule has 7 nitrogen and oxygen atoms in total. The van der Waals surface area contributed by atoms with Crippen LogP contribution in [-0.4, -0.2) is 36.3 Å². The van der Waals surface area contributed by atoms with Crippen LogP contribution in [0.2, 0.25) is 0 Å². The number of nitrogens with one attached hydrogen (secondary N) is 1. The van der Waals surface area contributed by atoms with Crippen molar-refractivity contribution in [3.63, 3.8) is 0 Å². The fraction of sp³-hybridized carbons (Fsp3) is 0.412. The number of anilines is 1. The highest BCUT2D eigenvalue weighted by molar-refractivity contribution is 7.85. The van der Waals surface area contributed by atoms with Crippen molar-refractivity contribution in [3.05, 3.63) is 35.5 Å². The van der Waals surface area contributed by atoms with Gasteiger partial charge in [-0.25, -0.2) is 0 Å². The Hall–Kier alpha value is -2.19. The van der Waals surface area contributed by atoms with Crippen LogP contribution in [0.1, 0.15) is 33.6 Å². The van der Waals surface area contributed by atoms with Gasteiger partial charge in [0.2, 0.25) is 0 Å². The Morgan fingerprint density at radius 2 is 1.84 bits per heavy atom. The van der Waals surface area contributed by atoms with Crippen LogP contribution < -0.4 is 5.32 Å². The van der Waals surface area contributed by atoms with E-state index in [1.165, 1.54) is 12.1 Å². The van der Waals surface area contributed by atoms with Gasteiger partial charge in [0.1, 0.15) is 6.54 Å². The summed E-state index contributed by atoms with van der Waals surface area (Å²) >= 11 is 0. The van der Waals surface area contributed by atoms with E-state index in [1.807, 2.05) is 6.92 Å². The summed E-state index contributed by atoms with van der Waals surface area (Å²) in [6.07, 6.45) is 1.45. The number of carboxylic acids is 1. The Morgan fingerprint density at radius 3 is 2.36 bits per heavy atom. The third-order valence-corrected chi connectivity index (χ3v) is 4.91. The number of rotatable bonds is 5. The number of hydrogen-bond donors (Lipinski definition) is 3. The van der Waals surface area contributed by atoms with Gasteiger partial charge in [0.25, 0.3) is 10.1 Å². The number of carbonyl (C=O) groups is 1. The molecule has 0 aromatic heterocycles. The Kier molecular flexibility index (Phi) is 5.34. The van der Waals surface area contributed by atoms with Gasteiger partial charge in [-0.05, 0) is 55.0 Å². The molecule has 3 N–H and O–H groups in total. The predicted octanol–water partition coefficient (Wildman–Crippen LogP) is 2.96. The molecule has 0 saturated carbocycles. The van der Waals surface area contributed by atoms with Gasteiger partial charge >= 0.3 is 5.97 Å². The van der Waals surface area contributed by atoms with Gasteiger partial charge in [-0.15, -0.1) is 0 Å². The first kappa shape index (κ1) is 19.1. The molecule has 0 unspecified atom stereocenters. The van der Waals surface area contributed by atoms with Gasteiger partial charge in [0, 0.05) is 17.1 Å². The molecule has 1 aliphatic carbocycles. The van der Waals surface area contributed by atoms with E-state index in [1.54, 1.807) is 12.1 Å². The van der Waals surface area contributed by atoms with Crippen molar-refractivity contribution in [2.75, 3.05) is 11.9 Å². The second-order valence-corrected chi connectivity index (χ2v) is 8.32. The van der Waals surface area contributed by atoms with E-state index in [2.05, 4.69) is 24.2 Å². The second-order valence-electron chi connectivity index (χ2n) is 6.90. The predicted molar refractivity (Wildman–Crippen MR) is 95.5 cm³/mol. The van der Waals surface area contributed by atoms with Crippen LogP contribution >= 0.6 is 0 Å². The first-order valence-electron chi connectivity index (χ1n) is 7.78. The largest absolute Gasteiger partial charge is 0.480 e. The van der Waals surface area contributed by atoms with Gasteiger partial charge in [-0.3, -0.25) is 14.3 Å². The zero-order chi connectivity index (χ0) is 18.8. The van der Waals surface area contributed by atoms with Gasteiger partial charge in [0.05, 0.1) is 4.90 Å². The van der Waals surface area contributed by atoms with Crippen LogP contribution in [0.25, 0.3) is 0 Å². The third-order valence-electron chi connectivity index (χ3n) is 4.04.